The molecular formula is C24H20ClF3N10O2. The van der Waals surface area contributed by atoms with Crippen molar-refractivity contribution in [1.82, 2.24) is 40.3 Å². The fourth-order valence-electron chi connectivity index (χ4n) is 3.63. The lowest BCUT2D eigenvalue weighted by molar-refractivity contribution is -0.145. The number of anilines is 1. The highest BCUT2D eigenvalue weighted by atomic mass is 35.5. The quantitative estimate of drug-likeness (QED) is 0.316. The van der Waals surface area contributed by atoms with E-state index in [1.54, 1.807) is 26.8 Å². The van der Waals surface area contributed by atoms with E-state index in [9.17, 15) is 22.8 Å². The molecule has 3 heterocycles. The van der Waals surface area contributed by atoms with Crippen LogP contribution in [0.15, 0.2) is 36.5 Å². The molecule has 0 saturated heterocycles. The topological polar surface area (TPSA) is 137 Å². The highest BCUT2D eigenvalue weighted by Gasteiger charge is 2.37. The van der Waals surface area contributed by atoms with E-state index < -0.39 is 23.8 Å². The molecule has 0 bridgehead atoms. The minimum atomic E-state index is -4.79. The zero-order valence-electron chi connectivity index (χ0n) is 21.2. The summed E-state index contributed by atoms with van der Waals surface area (Å²) in [5, 5.41) is 19.6. The molecular weight excluding hydrogens is 553 g/mol. The van der Waals surface area contributed by atoms with E-state index in [-0.39, 0.29) is 51.8 Å². The Hall–Kier alpha value is -4.84. The van der Waals surface area contributed by atoms with Crippen LogP contribution in [0.4, 0.5) is 24.5 Å². The molecule has 4 aromatic rings. The highest BCUT2D eigenvalue weighted by Crippen LogP contribution is 2.29. The summed E-state index contributed by atoms with van der Waals surface area (Å²) in [6.45, 7) is 12.1. The van der Waals surface area contributed by atoms with Crippen LogP contribution < -0.4 is 10.6 Å². The smallest absolute Gasteiger partial charge is 0.350 e. The average molecular weight is 573 g/mol. The number of carbonyl (C=O) groups excluding carboxylic acids is 2. The number of hydrogen-bond acceptors (Lipinski definition) is 7. The van der Waals surface area contributed by atoms with Gasteiger partial charge in [0.1, 0.15) is 12.2 Å². The zero-order chi connectivity index (χ0) is 29.2. The van der Waals surface area contributed by atoms with Gasteiger partial charge in [0.25, 0.3) is 17.6 Å². The molecule has 0 saturated carbocycles. The Kier molecular flexibility index (Phi) is 7.82. The monoisotopic (exact) mass is 572 g/mol. The number of nitrogens with one attached hydrogen (secondary N) is 2. The lowest BCUT2D eigenvalue weighted by atomic mass is 10.0. The number of benzene rings is 1. The van der Waals surface area contributed by atoms with Gasteiger partial charge in [-0.05, 0) is 55.8 Å². The van der Waals surface area contributed by atoms with Crippen LogP contribution in [-0.2, 0) is 12.7 Å². The van der Waals surface area contributed by atoms with E-state index in [1.165, 1.54) is 30.5 Å². The molecule has 12 nitrogen and oxygen atoms in total. The van der Waals surface area contributed by atoms with Gasteiger partial charge in [-0.1, -0.05) is 17.7 Å². The number of amides is 2. The van der Waals surface area contributed by atoms with Crippen molar-refractivity contribution in [2.75, 3.05) is 5.32 Å². The maximum atomic E-state index is 13.6. The molecule has 0 aliphatic heterocycles. The van der Waals surface area contributed by atoms with Crippen molar-refractivity contribution >= 4 is 34.8 Å². The summed E-state index contributed by atoms with van der Waals surface area (Å²) < 4.78 is 39.8. The van der Waals surface area contributed by atoms with Crippen LogP contribution in [0, 0.1) is 13.5 Å². The molecule has 0 radical (unpaired) electrons. The van der Waals surface area contributed by atoms with Gasteiger partial charge >= 0.3 is 6.18 Å². The van der Waals surface area contributed by atoms with Crippen molar-refractivity contribution in [3.05, 3.63) is 81.3 Å². The maximum Gasteiger partial charge on any atom is 0.455 e. The number of rotatable bonds is 7. The summed E-state index contributed by atoms with van der Waals surface area (Å²) in [6, 6.07) is 7.04. The summed E-state index contributed by atoms with van der Waals surface area (Å²) in [5.41, 5.74) is 0.873. The van der Waals surface area contributed by atoms with Crippen LogP contribution in [0.3, 0.4) is 0 Å². The van der Waals surface area contributed by atoms with Gasteiger partial charge in [-0.25, -0.2) is 14.5 Å². The molecule has 0 spiro atoms. The van der Waals surface area contributed by atoms with E-state index in [0.29, 0.717) is 10.4 Å². The molecule has 0 fully saturated rings. The lowest BCUT2D eigenvalue weighted by Crippen LogP contribution is -2.31. The second-order valence-electron chi connectivity index (χ2n) is 8.76. The number of nitrogens with zero attached hydrogens (tertiary/aromatic N) is 8. The van der Waals surface area contributed by atoms with Gasteiger partial charge < -0.3 is 10.6 Å². The Bertz CT molecular complexity index is 1640. The molecule has 206 valence electrons. The Morgan fingerprint density at radius 3 is 2.55 bits per heavy atom. The van der Waals surface area contributed by atoms with Gasteiger partial charge in [-0.3, -0.25) is 9.59 Å². The van der Waals surface area contributed by atoms with Crippen LogP contribution in [0.25, 0.3) is 10.7 Å². The molecule has 4 rings (SSSR count). The molecule has 0 aliphatic rings. The van der Waals surface area contributed by atoms with Gasteiger partial charge in [0.2, 0.25) is 0 Å². The Morgan fingerprint density at radius 1 is 1.18 bits per heavy atom. The molecule has 0 atom stereocenters. The number of aromatic nitrogens is 7. The van der Waals surface area contributed by atoms with Crippen LogP contribution in [0.2, 0.25) is 5.02 Å². The third-order valence-corrected chi connectivity index (χ3v) is 5.59. The summed E-state index contributed by atoms with van der Waals surface area (Å²) in [5.74, 6) is -2.59. The Morgan fingerprint density at radius 2 is 1.93 bits per heavy atom. The van der Waals surface area contributed by atoms with Gasteiger partial charge in [0.15, 0.2) is 11.5 Å². The first kappa shape index (κ1) is 28.2. The van der Waals surface area contributed by atoms with E-state index in [1.807, 2.05) is 0 Å². The minimum absolute atomic E-state index is 0.0703. The van der Waals surface area contributed by atoms with Crippen LogP contribution in [0.1, 0.15) is 51.8 Å². The third kappa shape index (κ3) is 6.07. The number of hydrogen-bond donors (Lipinski definition) is 2. The molecule has 2 amide bonds. The Labute approximate surface area is 230 Å². The van der Waals surface area contributed by atoms with Crippen LogP contribution in [0.5, 0.6) is 0 Å². The molecule has 40 heavy (non-hydrogen) atoms. The van der Waals surface area contributed by atoms with Crippen molar-refractivity contribution in [2.24, 2.45) is 0 Å². The van der Waals surface area contributed by atoms with Gasteiger partial charge in [0.05, 0.1) is 28.5 Å². The number of alkyl halides is 3. The van der Waals surface area contributed by atoms with Crippen molar-refractivity contribution in [1.29, 1.82) is 0 Å². The second kappa shape index (κ2) is 11.1. The van der Waals surface area contributed by atoms with Gasteiger partial charge in [-0.15, -0.1) is 10.2 Å². The first-order chi connectivity index (χ1) is 18.9. The summed E-state index contributed by atoms with van der Waals surface area (Å²) >= 11 is 6.29. The SMILES string of the molecule is [C-]#[N+]c1cc(C)c(NC(=O)c2cc(Cn3nnc(C(F)(F)F)n3)nn2-c2ncccc2Cl)c(C(=O)NC(C)C)c1. The molecule has 1 aromatic carbocycles. The average Bonchev–Trinajstić information content (AvgIpc) is 3.52. The molecule has 0 aliphatic carbocycles. The van der Waals surface area contributed by atoms with Crippen molar-refractivity contribution in [3.63, 3.8) is 0 Å². The van der Waals surface area contributed by atoms with Gasteiger partial charge in [-0.2, -0.15) is 23.1 Å². The largest absolute Gasteiger partial charge is 0.455 e. The minimum Gasteiger partial charge on any atom is -0.350 e. The first-order valence-corrected chi connectivity index (χ1v) is 11.9. The summed E-state index contributed by atoms with van der Waals surface area (Å²) in [6.07, 6.45) is -3.37. The van der Waals surface area contributed by atoms with E-state index in [4.69, 9.17) is 18.2 Å². The zero-order valence-corrected chi connectivity index (χ0v) is 21.9. The predicted molar refractivity (Wildman–Crippen MR) is 136 cm³/mol. The first-order valence-electron chi connectivity index (χ1n) is 11.6. The van der Waals surface area contributed by atoms with E-state index in [0.717, 1.165) is 4.68 Å². The van der Waals surface area contributed by atoms with E-state index >= 15 is 0 Å². The van der Waals surface area contributed by atoms with Crippen molar-refractivity contribution in [2.45, 2.75) is 39.5 Å². The predicted octanol–water partition coefficient (Wildman–Crippen LogP) is 4.22. The molecule has 16 heteroatoms. The van der Waals surface area contributed by atoms with E-state index in [2.05, 4.69) is 41.0 Å². The van der Waals surface area contributed by atoms with Gasteiger partial charge in [0, 0.05) is 12.2 Å². The standard InChI is InChI=1S/C24H20ClF3N10O2/c1-12(2)31-21(39)16-9-14(29-4)8-13(3)19(16)32-22(40)18-10-15(11-37-35-23(33-36-37)24(26,27)28)34-38(18)20-17(25)6-5-7-30-20/h5-10,12H,11H2,1-3H3,(H,31,39)(H,32,40). The van der Waals surface area contributed by atoms with Crippen LogP contribution >= 0.6 is 11.6 Å². The molecule has 0 unspecified atom stereocenters. The summed E-state index contributed by atoms with van der Waals surface area (Å²) in [4.78, 5) is 34.7. The lowest BCUT2D eigenvalue weighted by Gasteiger charge is -2.16. The molecule has 2 N–H and O–H groups in total. The number of halogens is 4. The highest BCUT2D eigenvalue weighted by molar-refractivity contribution is 6.32. The van der Waals surface area contributed by atoms with Crippen LogP contribution in [-0.4, -0.2) is 52.8 Å². The number of tetrazole rings is 1. The number of aryl methyl sites for hydroxylation is 1. The third-order valence-electron chi connectivity index (χ3n) is 5.29. The maximum absolute atomic E-state index is 13.6. The number of carbonyl (C=O) groups is 2. The normalized spacial score (nSPS) is 11.4. The van der Waals surface area contributed by atoms with Crippen molar-refractivity contribution in [3.8, 4) is 5.82 Å². The fourth-order valence-corrected chi connectivity index (χ4v) is 3.83. The Balaban J connectivity index is 1.75. The fraction of sp³-hybridized carbons (Fsp3) is 0.250. The summed E-state index contributed by atoms with van der Waals surface area (Å²) in [7, 11) is 0. The molecule has 3 aromatic heterocycles. The second-order valence-corrected chi connectivity index (χ2v) is 9.17. The van der Waals surface area contributed by atoms with Crippen molar-refractivity contribution < 1.29 is 22.8 Å². The number of pyridine rings is 1.